The average Bonchev–Trinajstić information content (AvgIpc) is 2.49. The van der Waals surface area contributed by atoms with Gasteiger partial charge in [-0.25, -0.2) is 14.6 Å². The van der Waals surface area contributed by atoms with E-state index >= 15 is 0 Å². The molecule has 1 aromatic rings. The molecule has 0 bridgehead atoms. The summed E-state index contributed by atoms with van der Waals surface area (Å²) in [7, 11) is 0. The van der Waals surface area contributed by atoms with E-state index in [0.29, 0.717) is 12.1 Å². The number of amides is 2. The van der Waals surface area contributed by atoms with Crippen LogP contribution >= 0.6 is 0 Å². The van der Waals surface area contributed by atoms with Gasteiger partial charge < -0.3 is 9.84 Å². The Hall–Kier alpha value is -2.57. The first-order valence-electron chi connectivity index (χ1n) is 8.11. The van der Waals surface area contributed by atoms with Gasteiger partial charge in [0.25, 0.3) is 0 Å². The molecular formula is C18H26N2O5. The second kappa shape index (κ2) is 8.50. The molecule has 0 spiro atoms. The number of rotatable bonds is 7. The molecule has 0 heterocycles. The quantitative estimate of drug-likeness (QED) is 0.602. The molecule has 0 radical (unpaired) electrons. The number of carboxylic acid groups (broad SMARTS) is 1. The van der Waals surface area contributed by atoms with E-state index in [4.69, 9.17) is 4.74 Å². The molecule has 0 aliphatic rings. The first-order valence-corrected chi connectivity index (χ1v) is 8.11. The molecule has 0 saturated heterocycles. The molecule has 0 fully saturated rings. The third-order valence-corrected chi connectivity index (χ3v) is 3.21. The van der Waals surface area contributed by atoms with Crippen molar-refractivity contribution >= 4 is 24.2 Å². The number of ether oxygens (including phenoxy) is 1. The van der Waals surface area contributed by atoms with E-state index in [1.54, 1.807) is 51.1 Å². The first kappa shape index (κ1) is 20.5. The number of carbonyl (C=O) groups excluding carboxylic acids is 2. The van der Waals surface area contributed by atoms with Gasteiger partial charge in [0.1, 0.15) is 5.60 Å². The monoisotopic (exact) mass is 350 g/mol. The fourth-order valence-electron chi connectivity index (χ4n) is 2.24. The fourth-order valence-corrected chi connectivity index (χ4v) is 2.24. The van der Waals surface area contributed by atoms with Crippen LogP contribution in [0.5, 0.6) is 0 Å². The second-order valence-corrected chi connectivity index (χ2v) is 7.09. The van der Waals surface area contributed by atoms with Crippen LogP contribution in [0.2, 0.25) is 0 Å². The molecule has 0 unspecified atom stereocenters. The number of para-hydroxylation sites is 1. The summed E-state index contributed by atoms with van der Waals surface area (Å²) in [4.78, 5) is 36.2. The second-order valence-electron chi connectivity index (χ2n) is 7.09. The van der Waals surface area contributed by atoms with E-state index in [9.17, 15) is 19.5 Å². The van der Waals surface area contributed by atoms with Crippen LogP contribution in [0.1, 0.15) is 41.0 Å². The lowest BCUT2D eigenvalue weighted by Gasteiger charge is -2.37. The number of carboxylic acids is 1. The van der Waals surface area contributed by atoms with E-state index in [-0.39, 0.29) is 12.3 Å². The van der Waals surface area contributed by atoms with Crippen molar-refractivity contribution in [1.29, 1.82) is 0 Å². The number of anilines is 1. The molecule has 7 heteroatoms. The maximum absolute atomic E-state index is 12.7. The van der Waals surface area contributed by atoms with Crippen molar-refractivity contribution in [3.05, 3.63) is 30.3 Å². The van der Waals surface area contributed by atoms with Crippen molar-refractivity contribution in [3.63, 3.8) is 0 Å². The van der Waals surface area contributed by atoms with Crippen molar-refractivity contribution in [3.8, 4) is 0 Å². The lowest BCUT2D eigenvalue weighted by Crippen LogP contribution is -2.56. The number of benzene rings is 1. The lowest BCUT2D eigenvalue weighted by molar-refractivity contribution is -0.144. The van der Waals surface area contributed by atoms with Gasteiger partial charge in [-0.05, 0) is 45.2 Å². The summed E-state index contributed by atoms with van der Waals surface area (Å²) in [6.07, 6.45) is -0.308. The van der Waals surface area contributed by atoms with Gasteiger partial charge in [-0.1, -0.05) is 32.0 Å². The topological polar surface area (TPSA) is 87.2 Å². The van der Waals surface area contributed by atoms with Crippen LogP contribution in [0, 0.1) is 5.92 Å². The van der Waals surface area contributed by atoms with E-state index in [1.165, 1.54) is 0 Å². The number of hydrazine groups is 1. The van der Waals surface area contributed by atoms with E-state index < -0.39 is 23.7 Å². The Kier molecular flexibility index (Phi) is 6.97. The highest BCUT2D eigenvalue weighted by molar-refractivity contribution is 5.87. The standard InChI is InChI=1S/C18H26N2O5/c1-13(2)11-15(16(22)23)20(17(24)25-18(3,4)5)19(12-21)14-9-7-6-8-10-14/h6-10,12-13,15H,11H2,1-5H3,(H,22,23)/t15-/m0/s1. The lowest BCUT2D eigenvalue weighted by atomic mass is 10.0. The minimum atomic E-state index is -1.24. The number of nitrogens with zero attached hydrogens (tertiary/aromatic N) is 2. The minimum Gasteiger partial charge on any atom is -0.480 e. The van der Waals surface area contributed by atoms with Crippen LogP contribution in [0.15, 0.2) is 30.3 Å². The summed E-state index contributed by atoms with van der Waals surface area (Å²) in [6, 6.07) is 7.13. The normalized spacial score (nSPS) is 12.4. The average molecular weight is 350 g/mol. The highest BCUT2D eigenvalue weighted by atomic mass is 16.6. The fraction of sp³-hybridized carbons (Fsp3) is 0.500. The van der Waals surface area contributed by atoms with Crippen molar-refractivity contribution in [2.45, 2.75) is 52.7 Å². The van der Waals surface area contributed by atoms with E-state index in [1.807, 2.05) is 13.8 Å². The van der Waals surface area contributed by atoms with Crippen LogP contribution in [-0.2, 0) is 14.3 Å². The number of aliphatic carboxylic acids is 1. The van der Waals surface area contributed by atoms with Crippen LogP contribution < -0.4 is 5.01 Å². The molecule has 1 N–H and O–H groups in total. The Balaban J connectivity index is 3.36. The van der Waals surface area contributed by atoms with Crippen LogP contribution in [0.3, 0.4) is 0 Å². The molecule has 7 nitrogen and oxygen atoms in total. The Labute approximate surface area is 148 Å². The molecular weight excluding hydrogens is 324 g/mol. The Morgan fingerprint density at radius 1 is 1.20 bits per heavy atom. The molecule has 138 valence electrons. The van der Waals surface area contributed by atoms with Gasteiger partial charge >= 0.3 is 12.1 Å². The van der Waals surface area contributed by atoms with Gasteiger partial charge in [0.15, 0.2) is 6.04 Å². The Morgan fingerprint density at radius 3 is 2.16 bits per heavy atom. The van der Waals surface area contributed by atoms with Gasteiger partial charge in [0.05, 0.1) is 5.69 Å². The van der Waals surface area contributed by atoms with Gasteiger partial charge in [-0.15, -0.1) is 0 Å². The smallest absolute Gasteiger partial charge is 0.430 e. The molecule has 0 aliphatic carbocycles. The predicted octanol–water partition coefficient (Wildman–Crippen LogP) is 3.30. The van der Waals surface area contributed by atoms with Crippen molar-refractivity contribution < 1.29 is 24.2 Å². The number of carbonyl (C=O) groups is 3. The highest BCUT2D eigenvalue weighted by Gasteiger charge is 2.38. The largest absolute Gasteiger partial charge is 0.480 e. The maximum Gasteiger partial charge on any atom is 0.430 e. The third-order valence-electron chi connectivity index (χ3n) is 3.21. The van der Waals surface area contributed by atoms with Gasteiger partial charge in [-0.3, -0.25) is 4.79 Å². The summed E-state index contributed by atoms with van der Waals surface area (Å²) >= 11 is 0. The summed E-state index contributed by atoms with van der Waals surface area (Å²) in [5, 5.41) is 11.5. The molecule has 0 saturated carbocycles. The summed E-state index contributed by atoms with van der Waals surface area (Å²) < 4.78 is 5.34. The highest BCUT2D eigenvalue weighted by Crippen LogP contribution is 2.23. The molecule has 1 aromatic carbocycles. The summed E-state index contributed by atoms with van der Waals surface area (Å²) in [5.74, 6) is -1.21. The van der Waals surface area contributed by atoms with Crippen molar-refractivity contribution in [1.82, 2.24) is 5.01 Å². The van der Waals surface area contributed by atoms with E-state index in [2.05, 4.69) is 0 Å². The molecule has 2 amide bonds. The molecule has 25 heavy (non-hydrogen) atoms. The number of hydrogen-bond acceptors (Lipinski definition) is 4. The van der Waals surface area contributed by atoms with Gasteiger partial charge in [0.2, 0.25) is 6.41 Å². The molecule has 0 aromatic heterocycles. The van der Waals surface area contributed by atoms with Crippen molar-refractivity contribution in [2.75, 3.05) is 5.01 Å². The zero-order valence-corrected chi connectivity index (χ0v) is 15.3. The Morgan fingerprint density at radius 2 is 1.76 bits per heavy atom. The van der Waals surface area contributed by atoms with Crippen LogP contribution in [0.25, 0.3) is 0 Å². The summed E-state index contributed by atoms with van der Waals surface area (Å²) in [6.45, 7) is 8.72. The van der Waals surface area contributed by atoms with Crippen molar-refractivity contribution in [2.24, 2.45) is 5.92 Å². The molecule has 1 atom stereocenters. The predicted molar refractivity (Wildman–Crippen MR) is 93.9 cm³/mol. The van der Waals surface area contributed by atoms with Gasteiger partial charge in [-0.2, -0.15) is 5.01 Å². The Bertz CT molecular complexity index is 595. The summed E-state index contributed by atoms with van der Waals surface area (Å²) in [5.41, 5.74) is -0.458. The zero-order valence-electron chi connectivity index (χ0n) is 15.3. The molecule has 0 aliphatic heterocycles. The maximum atomic E-state index is 12.7. The third kappa shape index (κ3) is 6.10. The zero-order chi connectivity index (χ0) is 19.2. The van der Waals surface area contributed by atoms with Crippen LogP contribution in [-0.4, -0.2) is 40.2 Å². The SMILES string of the molecule is CC(C)C[C@@H](C(=O)O)N(C(=O)OC(C)(C)C)N(C=O)c1ccccc1. The van der Waals surface area contributed by atoms with Crippen LogP contribution in [0.4, 0.5) is 10.5 Å². The van der Waals surface area contributed by atoms with E-state index in [0.717, 1.165) is 10.0 Å². The van der Waals surface area contributed by atoms with Gasteiger partial charge in [0, 0.05) is 0 Å². The first-order chi connectivity index (χ1) is 11.6. The number of hydrogen-bond donors (Lipinski definition) is 1. The molecule has 1 rings (SSSR count). The minimum absolute atomic E-state index is 0.00434.